The van der Waals surface area contributed by atoms with Crippen molar-refractivity contribution >= 4 is 83.8 Å². The standard InChI is InChI=1S/C65H60BN3.Os/c1-37-19-18-20-38(2)60(37)68-52-24-17-15-22-44(52)45-34-51-56(36-54(45)68)67(41-27-28-43-42-21-14-16-23-47(42)65(12,13)48(43)33-41)57-35-49(64(9,10)11)58-46-31-39(62(3,4)5)26-30-53(46)69-55-32-40(63(6,7)8)25-29-50(55)66(51)59(57)61(58)69;/h14-29,31,33-36H,1-13H3;/q-2;+2. The second-order valence-electron chi connectivity index (χ2n) is 24.2. The van der Waals surface area contributed by atoms with Gasteiger partial charge in [0.15, 0.2) is 6.71 Å². The minimum atomic E-state index is -0.190. The van der Waals surface area contributed by atoms with Crippen molar-refractivity contribution < 1.29 is 19.8 Å². The molecule has 0 unspecified atom stereocenters. The molecule has 0 spiro atoms. The Morgan fingerprint density at radius 1 is 0.571 bits per heavy atom. The fraction of sp³-hybridized carbons (Fsp3) is 0.262. The van der Waals surface area contributed by atoms with Crippen molar-refractivity contribution in [1.29, 1.82) is 0 Å². The van der Waals surface area contributed by atoms with Crippen molar-refractivity contribution in [1.82, 2.24) is 9.13 Å². The SMILES string of the molecule is Cc1cccc(C)c1-n1c2ccccc2c2cc3c(cc21)N(c1ccc2c(c1)C(C)(C)c1ccccc1-2)c1cc(C(C)(C)C)c2c4cc(C(C)(C)C)c[c-]c4n4c2c1B3c1ccc(C(C)(C)C)[c-]c1-4.[Os+2]. The summed E-state index contributed by atoms with van der Waals surface area (Å²) in [7, 11) is 0. The molecule has 13 rings (SSSR count). The Balaban J connectivity index is 0.00000505. The van der Waals surface area contributed by atoms with Crippen LogP contribution < -0.4 is 21.3 Å². The number of fused-ring (bicyclic) bond motifs is 14. The molecular formula is C65H60BN3Os. The van der Waals surface area contributed by atoms with Gasteiger partial charge in [0.1, 0.15) is 0 Å². The molecule has 0 N–H and O–H groups in total. The van der Waals surface area contributed by atoms with Gasteiger partial charge in [0, 0.05) is 38.8 Å². The third kappa shape index (κ3) is 6.03. The Kier molecular flexibility index (Phi) is 9.47. The van der Waals surface area contributed by atoms with Crippen molar-refractivity contribution in [2.24, 2.45) is 0 Å². The maximum absolute atomic E-state index is 4.14. The minimum Gasteiger partial charge on any atom is -0.359 e. The van der Waals surface area contributed by atoms with Crippen LogP contribution in [-0.2, 0) is 41.5 Å². The van der Waals surface area contributed by atoms with Gasteiger partial charge in [0.25, 0.3) is 0 Å². The smallest absolute Gasteiger partial charge is 0.359 e. The van der Waals surface area contributed by atoms with Crippen molar-refractivity contribution in [2.75, 3.05) is 4.90 Å². The van der Waals surface area contributed by atoms with Crippen molar-refractivity contribution in [3.05, 3.63) is 178 Å². The first kappa shape index (κ1) is 45.0. The van der Waals surface area contributed by atoms with Gasteiger partial charge in [-0.1, -0.05) is 171 Å². The molecule has 2 aromatic heterocycles. The number of aryl methyl sites for hydroxylation is 2. The summed E-state index contributed by atoms with van der Waals surface area (Å²) in [5.41, 5.74) is 26.2. The molecule has 8 aromatic carbocycles. The van der Waals surface area contributed by atoms with Crippen LogP contribution in [0.3, 0.4) is 0 Å². The summed E-state index contributed by atoms with van der Waals surface area (Å²) in [5, 5.41) is 5.15. The van der Waals surface area contributed by atoms with E-state index in [1.54, 1.807) is 0 Å². The van der Waals surface area contributed by atoms with E-state index in [2.05, 4.69) is 244 Å². The van der Waals surface area contributed by atoms with E-state index in [0.29, 0.717) is 0 Å². The quantitative estimate of drug-likeness (QED) is 0.124. The maximum Gasteiger partial charge on any atom is 2.00 e. The molecule has 0 radical (unpaired) electrons. The normalized spacial score (nSPS) is 14.6. The van der Waals surface area contributed by atoms with Crippen molar-refractivity contribution in [3.8, 4) is 22.5 Å². The topological polar surface area (TPSA) is 13.1 Å². The summed E-state index contributed by atoms with van der Waals surface area (Å²) in [4.78, 5) is 2.66. The molecule has 0 bridgehead atoms. The predicted molar refractivity (Wildman–Crippen MR) is 295 cm³/mol. The van der Waals surface area contributed by atoms with Gasteiger partial charge in [-0.25, -0.2) is 0 Å². The molecule has 0 atom stereocenters. The van der Waals surface area contributed by atoms with Crippen LogP contribution in [0.1, 0.15) is 115 Å². The van der Waals surface area contributed by atoms with Crippen LogP contribution in [0.5, 0.6) is 0 Å². The Hall–Kier alpha value is -6.14. The Labute approximate surface area is 427 Å². The molecule has 4 heterocycles. The van der Waals surface area contributed by atoms with Gasteiger partial charge in [0.2, 0.25) is 0 Å². The van der Waals surface area contributed by atoms with E-state index in [9.17, 15) is 0 Å². The Morgan fingerprint density at radius 3 is 2.01 bits per heavy atom. The summed E-state index contributed by atoms with van der Waals surface area (Å²) in [5.74, 6) is 0. The minimum absolute atomic E-state index is 0. The van der Waals surface area contributed by atoms with Crippen LogP contribution in [0.15, 0.2) is 127 Å². The first-order valence-corrected chi connectivity index (χ1v) is 25.1. The summed E-state index contributed by atoms with van der Waals surface area (Å²) in [6.07, 6.45) is 0. The van der Waals surface area contributed by atoms with Gasteiger partial charge in [-0.2, -0.15) is 42.0 Å². The number of aromatic nitrogens is 2. The van der Waals surface area contributed by atoms with Crippen LogP contribution >= 0.6 is 0 Å². The number of anilines is 3. The zero-order valence-corrected chi connectivity index (χ0v) is 45.4. The number of para-hydroxylation sites is 2. The number of rotatable bonds is 2. The monoisotopic (exact) mass is 1090 g/mol. The fourth-order valence-corrected chi connectivity index (χ4v) is 12.8. The summed E-state index contributed by atoms with van der Waals surface area (Å²) >= 11 is 0. The summed E-state index contributed by atoms with van der Waals surface area (Å²) in [6, 6.07) is 57.5. The van der Waals surface area contributed by atoms with Gasteiger partial charge in [-0.05, 0) is 105 Å². The third-order valence-electron chi connectivity index (χ3n) is 16.3. The van der Waals surface area contributed by atoms with E-state index in [0.717, 1.165) is 11.2 Å². The molecule has 0 fully saturated rings. The van der Waals surface area contributed by atoms with E-state index >= 15 is 0 Å². The second kappa shape index (κ2) is 14.7. The van der Waals surface area contributed by atoms with Crippen molar-refractivity contribution in [2.45, 2.75) is 112 Å². The van der Waals surface area contributed by atoms with Gasteiger partial charge in [0.05, 0.1) is 16.7 Å². The number of nitrogens with zero attached hydrogens (tertiary/aromatic N) is 3. The average Bonchev–Trinajstić information content (AvgIpc) is 3.89. The molecular weight excluding hydrogens is 1020 g/mol. The summed E-state index contributed by atoms with van der Waals surface area (Å²) < 4.78 is 5.12. The molecule has 0 amide bonds. The first-order chi connectivity index (χ1) is 32.7. The molecule has 3 aliphatic rings. The second-order valence-corrected chi connectivity index (χ2v) is 24.2. The zero-order chi connectivity index (χ0) is 48.0. The zero-order valence-electron chi connectivity index (χ0n) is 42.9. The van der Waals surface area contributed by atoms with Crippen LogP contribution in [0.25, 0.3) is 66.1 Å². The van der Waals surface area contributed by atoms with E-state index < -0.39 is 0 Å². The molecule has 10 aromatic rings. The van der Waals surface area contributed by atoms with E-state index in [1.807, 2.05) is 0 Å². The van der Waals surface area contributed by atoms with E-state index in [4.69, 9.17) is 0 Å². The third-order valence-corrected chi connectivity index (χ3v) is 16.3. The van der Waals surface area contributed by atoms with Gasteiger partial charge >= 0.3 is 19.8 Å². The Bertz CT molecular complexity index is 3890. The molecule has 0 saturated carbocycles. The van der Waals surface area contributed by atoms with Crippen LogP contribution in [0, 0.1) is 26.0 Å². The molecule has 2 aliphatic heterocycles. The predicted octanol–water partition coefficient (Wildman–Crippen LogP) is 14.9. The van der Waals surface area contributed by atoms with Gasteiger partial charge in [-0.3, -0.25) is 0 Å². The molecule has 3 nitrogen and oxygen atoms in total. The maximum atomic E-state index is 4.14. The van der Waals surface area contributed by atoms with E-state index in [-0.39, 0.29) is 48.2 Å². The molecule has 5 heteroatoms. The fourth-order valence-electron chi connectivity index (χ4n) is 12.8. The number of benzene rings is 8. The molecule has 346 valence electrons. The van der Waals surface area contributed by atoms with Gasteiger partial charge in [-0.15, -0.1) is 16.4 Å². The van der Waals surface area contributed by atoms with Crippen LogP contribution in [-0.4, -0.2) is 15.8 Å². The Morgan fingerprint density at radius 2 is 1.29 bits per heavy atom. The largest absolute Gasteiger partial charge is 2.00 e. The molecule has 1 aliphatic carbocycles. The van der Waals surface area contributed by atoms with E-state index in [1.165, 1.54) is 127 Å². The number of hydrogen-bond donors (Lipinski definition) is 0. The van der Waals surface area contributed by atoms with Crippen LogP contribution in [0.4, 0.5) is 17.1 Å². The van der Waals surface area contributed by atoms with Crippen molar-refractivity contribution in [3.63, 3.8) is 0 Å². The molecule has 0 saturated heterocycles. The van der Waals surface area contributed by atoms with Crippen LogP contribution in [0.2, 0.25) is 0 Å². The summed E-state index contributed by atoms with van der Waals surface area (Å²) in [6.45, 7) is 30.4. The average molecular weight is 1080 g/mol. The molecule has 70 heavy (non-hydrogen) atoms. The van der Waals surface area contributed by atoms with Gasteiger partial charge < -0.3 is 14.0 Å². The first-order valence-electron chi connectivity index (χ1n) is 25.1. The number of hydrogen-bond acceptors (Lipinski definition) is 1.